The number of aryl methyl sites for hydroxylation is 1. The molecule has 0 aromatic heterocycles. The fourth-order valence-corrected chi connectivity index (χ4v) is 3.25. The molecule has 0 aliphatic heterocycles. The minimum atomic E-state index is 0.0183. The predicted molar refractivity (Wildman–Crippen MR) is 116 cm³/mol. The molecule has 1 unspecified atom stereocenters. The summed E-state index contributed by atoms with van der Waals surface area (Å²) in [4.78, 5) is 0. The summed E-state index contributed by atoms with van der Waals surface area (Å²) < 4.78 is 12.1. The van der Waals surface area contributed by atoms with Gasteiger partial charge in [-0.15, -0.1) is 0 Å². The van der Waals surface area contributed by atoms with Gasteiger partial charge >= 0.3 is 0 Å². The average molecular weight is 375 g/mol. The van der Waals surface area contributed by atoms with Gasteiger partial charge in [0.2, 0.25) is 0 Å². The van der Waals surface area contributed by atoms with Crippen LogP contribution in [0.1, 0.15) is 43.9 Å². The number of rotatable bonds is 9. The number of hydrogen-bond donors (Lipinski definition) is 0. The summed E-state index contributed by atoms with van der Waals surface area (Å²) in [5.41, 5.74) is 3.85. The zero-order valence-corrected chi connectivity index (χ0v) is 17.2. The van der Waals surface area contributed by atoms with Crippen molar-refractivity contribution >= 4 is 0 Å². The molecule has 0 radical (unpaired) electrons. The Hall–Kier alpha value is -2.58. The molecule has 0 heterocycles. The van der Waals surface area contributed by atoms with Crippen molar-refractivity contribution in [2.45, 2.75) is 45.6 Å². The molecule has 0 fully saturated rings. The van der Waals surface area contributed by atoms with E-state index < -0.39 is 0 Å². The van der Waals surface area contributed by atoms with E-state index in [0.29, 0.717) is 13.2 Å². The maximum absolute atomic E-state index is 6.14. The van der Waals surface area contributed by atoms with Gasteiger partial charge in [0, 0.05) is 5.41 Å². The van der Waals surface area contributed by atoms with Crippen LogP contribution in [0.25, 0.3) is 0 Å². The zero-order valence-electron chi connectivity index (χ0n) is 17.2. The molecule has 0 aliphatic carbocycles. The van der Waals surface area contributed by atoms with Crippen LogP contribution in [0, 0.1) is 0 Å². The molecule has 0 saturated heterocycles. The van der Waals surface area contributed by atoms with Crippen molar-refractivity contribution < 1.29 is 9.47 Å². The first-order valence-corrected chi connectivity index (χ1v) is 10.1. The van der Waals surface area contributed by atoms with Crippen molar-refractivity contribution in [2.75, 3.05) is 6.61 Å². The van der Waals surface area contributed by atoms with E-state index in [0.717, 1.165) is 29.9 Å². The molecule has 0 amide bonds. The Morgan fingerprint density at radius 2 is 1.46 bits per heavy atom. The molecule has 28 heavy (non-hydrogen) atoms. The highest BCUT2D eigenvalue weighted by Crippen LogP contribution is 2.29. The SMILES string of the molecule is CCc1ccc(C(C)(CC)COCc2cccc(Oc3ccccc3)c2)cc1. The first-order chi connectivity index (χ1) is 13.6. The van der Waals surface area contributed by atoms with E-state index in [-0.39, 0.29) is 5.41 Å². The van der Waals surface area contributed by atoms with E-state index in [1.165, 1.54) is 11.1 Å². The van der Waals surface area contributed by atoms with Crippen molar-refractivity contribution in [3.63, 3.8) is 0 Å². The van der Waals surface area contributed by atoms with Crippen LogP contribution >= 0.6 is 0 Å². The number of benzene rings is 3. The fraction of sp³-hybridized carbons (Fsp3) is 0.308. The summed E-state index contributed by atoms with van der Waals surface area (Å²) in [6.45, 7) is 7.97. The Bertz CT molecular complexity index is 855. The molecule has 3 aromatic rings. The number of hydrogen-bond acceptors (Lipinski definition) is 2. The third-order valence-electron chi connectivity index (χ3n) is 5.41. The summed E-state index contributed by atoms with van der Waals surface area (Å²) in [6, 6.07) is 26.9. The van der Waals surface area contributed by atoms with Gasteiger partial charge in [-0.25, -0.2) is 0 Å². The molecule has 3 rings (SSSR count). The van der Waals surface area contributed by atoms with Crippen LogP contribution in [0.4, 0.5) is 0 Å². The van der Waals surface area contributed by atoms with Gasteiger partial charge in [-0.2, -0.15) is 0 Å². The molecule has 2 heteroatoms. The van der Waals surface area contributed by atoms with E-state index in [1.807, 2.05) is 48.5 Å². The minimum absolute atomic E-state index is 0.0183. The maximum Gasteiger partial charge on any atom is 0.127 e. The van der Waals surface area contributed by atoms with Crippen LogP contribution in [0.2, 0.25) is 0 Å². The first kappa shape index (κ1) is 20.2. The zero-order chi connectivity index (χ0) is 19.8. The lowest BCUT2D eigenvalue weighted by Gasteiger charge is -2.29. The summed E-state index contributed by atoms with van der Waals surface area (Å²) in [7, 11) is 0. The molecule has 1 atom stereocenters. The molecule has 0 saturated carbocycles. The van der Waals surface area contributed by atoms with E-state index in [1.54, 1.807) is 0 Å². The molecule has 2 nitrogen and oxygen atoms in total. The molecule has 0 N–H and O–H groups in total. The van der Waals surface area contributed by atoms with Gasteiger partial charge in [0.25, 0.3) is 0 Å². The van der Waals surface area contributed by atoms with Crippen molar-refractivity contribution in [3.05, 3.63) is 95.6 Å². The Morgan fingerprint density at radius 1 is 0.750 bits per heavy atom. The van der Waals surface area contributed by atoms with Crippen LogP contribution in [-0.2, 0) is 23.2 Å². The van der Waals surface area contributed by atoms with E-state index in [4.69, 9.17) is 9.47 Å². The van der Waals surface area contributed by atoms with E-state index in [2.05, 4.69) is 51.1 Å². The fourth-order valence-electron chi connectivity index (χ4n) is 3.25. The summed E-state index contributed by atoms with van der Waals surface area (Å²) >= 11 is 0. The maximum atomic E-state index is 6.14. The van der Waals surface area contributed by atoms with Crippen LogP contribution in [0.15, 0.2) is 78.9 Å². The lowest BCUT2D eigenvalue weighted by molar-refractivity contribution is 0.0747. The van der Waals surface area contributed by atoms with Crippen molar-refractivity contribution in [3.8, 4) is 11.5 Å². The van der Waals surface area contributed by atoms with Crippen molar-refractivity contribution in [1.82, 2.24) is 0 Å². The van der Waals surface area contributed by atoms with Gasteiger partial charge in [-0.05, 0) is 53.8 Å². The quantitative estimate of drug-likeness (QED) is 0.404. The molecule has 0 spiro atoms. The second-order valence-electron chi connectivity index (χ2n) is 7.52. The van der Waals surface area contributed by atoms with Crippen LogP contribution in [0.3, 0.4) is 0 Å². The monoisotopic (exact) mass is 374 g/mol. The summed E-state index contributed by atoms with van der Waals surface area (Å²) in [5.74, 6) is 1.68. The Balaban J connectivity index is 1.60. The second-order valence-corrected chi connectivity index (χ2v) is 7.52. The van der Waals surface area contributed by atoms with Crippen LogP contribution < -0.4 is 4.74 Å². The van der Waals surface area contributed by atoms with E-state index in [9.17, 15) is 0 Å². The largest absolute Gasteiger partial charge is 0.457 e. The Kier molecular flexibility index (Phi) is 6.89. The summed E-state index contributed by atoms with van der Waals surface area (Å²) in [5, 5.41) is 0. The average Bonchev–Trinajstić information content (AvgIpc) is 2.75. The molecule has 3 aromatic carbocycles. The lowest BCUT2D eigenvalue weighted by atomic mass is 9.80. The molecular formula is C26H30O2. The highest BCUT2D eigenvalue weighted by molar-refractivity contribution is 5.34. The number of ether oxygens (including phenoxy) is 2. The van der Waals surface area contributed by atoms with Gasteiger partial charge in [0.05, 0.1) is 13.2 Å². The smallest absolute Gasteiger partial charge is 0.127 e. The first-order valence-electron chi connectivity index (χ1n) is 10.1. The van der Waals surface area contributed by atoms with Crippen molar-refractivity contribution in [1.29, 1.82) is 0 Å². The van der Waals surface area contributed by atoms with E-state index >= 15 is 0 Å². The lowest BCUT2D eigenvalue weighted by Crippen LogP contribution is -2.27. The minimum Gasteiger partial charge on any atom is -0.457 e. The standard InChI is InChI=1S/C26H30O2/c1-4-21-14-16-23(17-15-21)26(3,5-2)20-27-19-22-10-9-13-25(18-22)28-24-11-7-6-8-12-24/h6-18H,4-5,19-20H2,1-3H3. The highest BCUT2D eigenvalue weighted by Gasteiger charge is 2.24. The third-order valence-corrected chi connectivity index (χ3v) is 5.41. The highest BCUT2D eigenvalue weighted by atomic mass is 16.5. The Labute approximate surface area is 169 Å². The molecule has 0 aliphatic rings. The molecule has 0 bridgehead atoms. The van der Waals surface area contributed by atoms with Crippen LogP contribution in [-0.4, -0.2) is 6.61 Å². The topological polar surface area (TPSA) is 18.5 Å². The summed E-state index contributed by atoms with van der Waals surface area (Å²) in [6.07, 6.45) is 2.11. The Morgan fingerprint density at radius 3 is 2.14 bits per heavy atom. The second kappa shape index (κ2) is 9.57. The van der Waals surface area contributed by atoms with Crippen molar-refractivity contribution in [2.24, 2.45) is 0 Å². The van der Waals surface area contributed by atoms with Gasteiger partial charge in [0.1, 0.15) is 11.5 Å². The number of para-hydroxylation sites is 1. The van der Waals surface area contributed by atoms with Gasteiger partial charge in [0.15, 0.2) is 0 Å². The third kappa shape index (κ3) is 5.24. The normalized spacial score (nSPS) is 13.1. The van der Waals surface area contributed by atoms with Gasteiger partial charge < -0.3 is 9.47 Å². The van der Waals surface area contributed by atoms with Gasteiger partial charge in [-0.1, -0.05) is 75.4 Å². The van der Waals surface area contributed by atoms with Crippen LogP contribution in [0.5, 0.6) is 11.5 Å². The predicted octanol–water partition coefficient (Wildman–Crippen LogP) is 6.93. The molecule has 146 valence electrons. The van der Waals surface area contributed by atoms with Gasteiger partial charge in [-0.3, -0.25) is 0 Å². The molecular weight excluding hydrogens is 344 g/mol.